The van der Waals surface area contributed by atoms with E-state index in [1.54, 1.807) is 0 Å². The molecule has 0 saturated carbocycles. The van der Waals surface area contributed by atoms with E-state index in [2.05, 4.69) is 179 Å². The van der Waals surface area contributed by atoms with Crippen LogP contribution in [0.4, 0.5) is 0 Å². The standard InChI is InChI=1S/C46H32N2/c1-3-12-35(13-4-1)47-43-17-6-2-5-15-39(43)41-25-21-31(22-27-45(41)47)33-23-28-46-42(30-33)40-16-9-10-18-44(40)48(46)36-24-26-38-34(29-36)20-19-32-11-7-8-14-37(32)38/h1-4,6-20,22-30H,5,21H2. The van der Waals surface area contributed by atoms with Crippen molar-refractivity contribution in [2.24, 2.45) is 0 Å². The highest BCUT2D eigenvalue weighted by atomic mass is 15.0. The molecule has 0 bridgehead atoms. The Labute approximate surface area is 278 Å². The van der Waals surface area contributed by atoms with Gasteiger partial charge < -0.3 is 9.13 Å². The van der Waals surface area contributed by atoms with E-state index >= 15 is 0 Å². The molecule has 2 nitrogen and oxygen atoms in total. The van der Waals surface area contributed by atoms with Crippen LogP contribution in [-0.2, 0) is 0 Å². The highest BCUT2D eigenvalue weighted by molar-refractivity contribution is 6.11. The van der Waals surface area contributed by atoms with Gasteiger partial charge in [-0.05, 0) is 100 Å². The molecule has 8 aromatic rings. The molecule has 0 spiro atoms. The first kappa shape index (κ1) is 27.0. The van der Waals surface area contributed by atoms with Gasteiger partial charge in [0.15, 0.2) is 0 Å². The SMILES string of the molecule is C1=CCC=c2c3c(n(-c4ccccc4)c2=C1)=CC=C(c1ccc2c(c1)c1ccccc1n2-c1ccc2c(ccc4ccccc42)c1)CC=3. The Balaban J connectivity index is 1.14. The van der Waals surface area contributed by atoms with E-state index in [0.29, 0.717) is 0 Å². The Morgan fingerprint density at radius 3 is 2.15 bits per heavy atom. The van der Waals surface area contributed by atoms with E-state index in [9.17, 15) is 0 Å². The largest absolute Gasteiger partial charge is 0.309 e. The molecule has 6 aromatic carbocycles. The number of para-hydroxylation sites is 2. The summed E-state index contributed by atoms with van der Waals surface area (Å²) in [6.07, 6.45) is 18.0. The molecule has 0 saturated heterocycles. The van der Waals surface area contributed by atoms with Gasteiger partial charge in [0.1, 0.15) is 0 Å². The molecule has 2 heterocycles. The molecule has 0 radical (unpaired) electrons. The molecule has 0 atom stereocenters. The first-order valence-corrected chi connectivity index (χ1v) is 16.8. The molecule has 0 aliphatic heterocycles. The van der Waals surface area contributed by atoms with Gasteiger partial charge in [-0.25, -0.2) is 0 Å². The maximum absolute atomic E-state index is 2.44. The zero-order valence-corrected chi connectivity index (χ0v) is 26.5. The minimum atomic E-state index is 0.874. The lowest BCUT2D eigenvalue weighted by Crippen LogP contribution is -2.36. The molecular formula is C46H32N2. The first-order chi connectivity index (χ1) is 23.8. The minimum Gasteiger partial charge on any atom is -0.309 e. The third-order valence-corrected chi connectivity index (χ3v) is 10.2. The molecule has 48 heavy (non-hydrogen) atoms. The molecule has 0 unspecified atom stereocenters. The van der Waals surface area contributed by atoms with Crippen molar-refractivity contribution in [3.05, 3.63) is 172 Å². The summed E-state index contributed by atoms with van der Waals surface area (Å²) < 4.78 is 4.84. The van der Waals surface area contributed by atoms with E-state index in [1.165, 1.54) is 87.0 Å². The molecule has 2 aliphatic rings. The topological polar surface area (TPSA) is 9.86 Å². The number of hydrogen-bond donors (Lipinski definition) is 0. The van der Waals surface area contributed by atoms with Gasteiger partial charge in [-0.3, -0.25) is 0 Å². The smallest absolute Gasteiger partial charge is 0.0541 e. The van der Waals surface area contributed by atoms with E-state index in [4.69, 9.17) is 0 Å². The fourth-order valence-electron chi connectivity index (χ4n) is 7.95. The Bertz CT molecular complexity index is 2930. The highest BCUT2D eigenvalue weighted by Gasteiger charge is 2.15. The van der Waals surface area contributed by atoms with Crippen LogP contribution in [0.5, 0.6) is 0 Å². The quantitative estimate of drug-likeness (QED) is 0.177. The van der Waals surface area contributed by atoms with Crippen LogP contribution in [0.2, 0.25) is 0 Å². The number of fused-ring (bicyclic) bond motifs is 9. The summed E-state index contributed by atoms with van der Waals surface area (Å²) >= 11 is 0. The Morgan fingerprint density at radius 2 is 1.21 bits per heavy atom. The van der Waals surface area contributed by atoms with Crippen molar-refractivity contribution >= 4 is 73.2 Å². The van der Waals surface area contributed by atoms with Crippen LogP contribution >= 0.6 is 0 Å². The Kier molecular flexibility index (Phi) is 6.04. The van der Waals surface area contributed by atoms with E-state index in [-0.39, 0.29) is 0 Å². The monoisotopic (exact) mass is 612 g/mol. The van der Waals surface area contributed by atoms with Crippen LogP contribution in [0.25, 0.3) is 84.6 Å². The Hall–Kier alpha value is -6.12. The van der Waals surface area contributed by atoms with Crippen LogP contribution in [0.1, 0.15) is 18.4 Å². The average Bonchev–Trinajstić information content (AvgIpc) is 3.36. The van der Waals surface area contributed by atoms with E-state index in [0.717, 1.165) is 12.8 Å². The first-order valence-electron chi connectivity index (χ1n) is 16.8. The van der Waals surface area contributed by atoms with Crippen LogP contribution in [0, 0.1) is 0 Å². The molecular weight excluding hydrogens is 581 g/mol. The van der Waals surface area contributed by atoms with Gasteiger partial charge >= 0.3 is 0 Å². The minimum absolute atomic E-state index is 0.874. The second-order valence-corrected chi connectivity index (χ2v) is 12.8. The fraction of sp³-hybridized carbons (Fsp3) is 0.0435. The van der Waals surface area contributed by atoms with Crippen molar-refractivity contribution in [1.82, 2.24) is 9.13 Å². The maximum atomic E-state index is 2.44. The summed E-state index contributed by atoms with van der Waals surface area (Å²) in [7, 11) is 0. The molecule has 10 rings (SSSR count). The summed E-state index contributed by atoms with van der Waals surface area (Å²) in [5, 5.41) is 12.8. The normalized spacial score (nSPS) is 14.0. The van der Waals surface area contributed by atoms with Gasteiger partial charge in [0, 0.05) is 32.6 Å². The fourth-order valence-corrected chi connectivity index (χ4v) is 7.95. The van der Waals surface area contributed by atoms with Crippen LogP contribution < -0.4 is 21.1 Å². The van der Waals surface area contributed by atoms with E-state index in [1.807, 2.05) is 0 Å². The van der Waals surface area contributed by atoms with Gasteiger partial charge in [-0.2, -0.15) is 0 Å². The number of hydrogen-bond acceptors (Lipinski definition) is 0. The van der Waals surface area contributed by atoms with Crippen molar-refractivity contribution in [1.29, 1.82) is 0 Å². The number of nitrogens with zero attached hydrogens (tertiary/aromatic N) is 2. The summed E-state index contributed by atoms with van der Waals surface area (Å²) in [6.45, 7) is 0. The average molecular weight is 613 g/mol. The molecule has 0 N–H and O–H groups in total. The summed E-state index contributed by atoms with van der Waals surface area (Å²) in [6, 6.07) is 46.6. The third kappa shape index (κ3) is 4.13. The third-order valence-electron chi connectivity index (χ3n) is 10.2. The lowest BCUT2D eigenvalue weighted by molar-refractivity contribution is 0.989. The molecule has 0 amide bonds. The number of benzene rings is 6. The zero-order valence-electron chi connectivity index (χ0n) is 26.5. The van der Waals surface area contributed by atoms with Gasteiger partial charge in [0.2, 0.25) is 0 Å². The van der Waals surface area contributed by atoms with Crippen LogP contribution in [-0.4, -0.2) is 9.13 Å². The van der Waals surface area contributed by atoms with E-state index < -0.39 is 0 Å². The predicted molar refractivity (Wildman–Crippen MR) is 204 cm³/mol. The van der Waals surface area contributed by atoms with Gasteiger partial charge in [-0.15, -0.1) is 0 Å². The molecule has 226 valence electrons. The van der Waals surface area contributed by atoms with Crippen molar-refractivity contribution in [2.45, 2.75) is 12.8 Å². The van der Waals surface area contributed by atoms with Crippen molar-refractivity contribution in [3.8, 4) is 11.4 Å². The summed E-state index contributed by atoms with van der Waals surface area (Å²) in [5.41, 5.74) is 7.42. The zero-order chi connectivity index (χ0) is 31.6. The molecule has 2 aromatic heterocycles. The number of aromatic nitrogens is 2. The number of allylic oxidation sites excluding steroid dienone is 4. The second-order valence-electron chi connectivity index (χ2n) is 12.8. The lowest BCUT2D eigenvalue weighted by atomic mass is 10.00. The van der Waals surface area contributed by atoms with Crippen molar-refractivity contribution in [3.63, 3.8) is 0 Å². The van der Waals surface area contributed by atoms with Crippen LogP contribution in [0.3, 0.4) is 0 Å². The molecule has 2 aliphatic carbocycles. The maximum Gasteiger partial charge on any atom is 0.0541 e. The highest BCUT2D eigenvalue weighted by Crippen LogP contribution is 2.36. The molecule has 0 fully saturated rings. The van der Waals surface area contributed by atoms with Crippen molar-refractivity contribution in [2.75, 3.05) is 0 Å². The summed E-state index contributed by atoms with van der Waals surface area (Å²) in [4.78, 5) is 0. The summed E-state index contributed by atoms with van der Waals surface area (Å²) in [5.74, 6) is 0. The Morgan fingerprint density at radius 1 is 0.458 bits per heavy atom. The van der Waals surface area contributed by atoms with Crippen molar-refractivity contribution < 1.29 is 0 Å². The second kappa shape index (κ2) is 10.7. The van der Waals surface area contributed by atoms with Crippen LogP contribution in [0.15, 0.2) is 146 Å². The van der Waals surface area contributed by atoms with Gasteiger partial charge in [-0.1, -0.05) is 115 Å². The predicted octanol–water partition coefficient (Wildman–Crippen LogP) is 8.45. The lowest BCUT2D eigenvalue weighted by Gasteiger charge is -2.11. The van der Waals surface area contributed by atoms with Gasteiger partial charge in [0.25, 0.3) is 0 Å². The molecule has 2 heteroatoms. The number of rotatable bonds is 3. The van der Waals surface area contributed by atoms with Gasteiger partial charge in [0.05, 0.1) is 21.7 Å².